The molecule has 25 heavy (non-hydrogen) atoms. The largest absolute Gasteiger partial charge is 0.465 e. The molecule has 0 aliphatic rings. The number of carbonyl (C=O) groups excluding carboxylic acids is 2. The molecule has 0 bridgehead atoms. The summed E-state index contributed by atoms with van der Waals surface area (Å²) in [5.74, 6) is -1.49. The van der Waals surface area contributed by atoms with Crippen LogP contribution in [0.4, 0.5) is 0 Å². The Kier molecular flexibility index (Phi) is 4.43. The first kappa shape index (κ1) is 16.6. The number of ether oxygens (including phenoxy) is 1. The SMILES string of the molecule is COC(=O)c1ccc(CC(C(N)=O)c2cn(O)c3ccccc23)cc1. The maximum Gasteiger partial charge on any atom is 0.337 e. The molecule has 3 aromatic rings. The van der Waals surface area contributed by atoms with Crippen molar-refractivity contribution in [3.63, 3.8) is 0 Å². The number of rotatable bonds is 5. The first-order valence-electron chi connectivity index (χ1n) is 7.77. The smallest absolute Gasteiger partial charge is 0.337 e. The molecule has 1 unspecified atom stereocenters. The lowest BCUT2D eigenvalue weighted by Crippen LogP contribution is -2.23. The first-order valence-corrected chi connectivity index (χ1v) is 7.77. The van der Waals surface area contributed by atoms with Crippen molar-refractivity contribution in [2.75, 3.05) is 7.11 Å². The van der Waals surface area contributed by atoms with Gasteiger partial charge in [-0.15, -0.1) is 0 Å². The second-order valence-corrected chi connectivity index (χ2v) is 5.79. The van der Waals surface area contributed by atoms with E-state index >= 15 is 0 Å². The van der Waals surface area contributed by atoms with E-state index in [1.807, 2.05) is 18.2 Å². The number of benzene rings is 2. The summed E-state index contributed by atoms with van der Waals surface area (Å²) in [4.78, 5) is 23.5. The third kappa shape index (κ3) is 3.19. The van der Waals surface area contributed by atoms with E-state index in [1.165, 1.54) is 13.3 Å². The van der Waals surface area contributed by atoms with Crippen molar-refractivity contribution in [2.24, 2.45) is 5.73 Å². The number of aromatic nitrogens is 1. The molecule has 0 aliphatic carbocycles. The number of nitrogens with zero attached hydrogens (tertiary/aromatic N) is 1. The van der Waals surface area contributed by atoms with Gasteiger partial charge >= 0.3 is 5.97 Å². The minimum absolute atomic E-state index is 0.366. The Labute approximate surface area is 144 Å². The second kappa shape index (κ2) is 6.68. The van der Waals surface area contributed by atoms with E-state index in [0.717, 1.165) is 15.7 Å². The lowest BCUT2D eigenvalue weighted by Gasteiger charge is -2.13. The Hall–Kier alpha value is -3.28. The van der Waals surface area contributed by atoms with E-state index in [0.29, 0.717) is 23.1 Å². The molecule has 0 saturated heterocycles. The van der Waals surface area contributed by atoms with Crippen LogP contribution in [0.25, 0.3) is 10.9 Å². The van der Waals surface area contributed by atoms with E-state index in [4.69, 9.17) is 5.73 Å². The van der Waals surface area contributed by atoms with Gasteiger partial charge in [0.2, 0.25) is 5.91 Å². The summed E-state index contributed by atoms with van der Waals surface area (Å²) in [5, 5.41) is 10.8. The molecule has 6 nitrogen and oxygen atoms in total. The Morgan fingerprint density at radius 2 is 1.84 bits per heavy atom. The van der Waals surface area contributed by atoms with Crippen LogP contribution in [-0.4, -0.2) is 28.9 Å². The van der Waals surface area contributed by atoms with Crippen LogP contribution in [0, 0.1) is 0 Å². The molecular weight excluding hydrogens is 320 g/mol. The van der Waals surface area contributed by atoms with Gasteiger partial charge in [0.25, 0.3) is 0 Å². The van der Waals surface area contributed by atoms with Gasteiger partial charge in [-0.05, 0) is 35.7 Å². The minimum Gasteiger partial charge on any atom is -0.465 e. The molecule has 128 valence electrons. The summed E-state index contributed by atoms with van der Waals surface area (Å²) in [6.07, 6.45) is 1.88. The quantitative estimate of drug-likeness (QED) is 0.552. The van der Waals surface area contributed by atoms with Gasteiger partial charge in [-0.3, -0.25) is 4.79 Å². The summed E-state index contributed by atoms with van der Waals surface area (Å²) in [7, 11) is 1.32. The van der Waals surface area contributed by atoms with Gasteiger partial charge in [-0.1, -0.05) is 30.3 Å². The van der Waals surface area contributed by atoms with Crippen LogP contribution in [0.2, 0.25) is 0 Å². The van der Waals surface area contributed by atoms with Crippen LogP contribution in [0.15, 0.2) is 54.7 Å². The molecular formula is C19H18N2O4. The minimum atomic E-state index is -0.595. The van der Waals surface area contributed by atoms with Gasteiger partial charge in [-0.25, -0.2) is 4.79 Å². The van der Waals surface area contributed by atoms with Crippen molar-refractivity contribution in [3.05, 3.63) is 71.4 Å². The third-order valence-corrected chi connectivity index (χ3v) is 4.26. The van der Waals surface area contributed by atoms with E-state index in [2.05, 4.69) is 4.74 Å². The Morgan fingerprint density at radius 1 is 1.16 bits per heavy atom. The molecule has 1 heterocycles. The topological polar surface area (TPSA) is 94.5 Å². The Balaban J connectivity index is 1.94. The van der Waals surface area contributed by atoms with Crippen molar-refractivity contribution in [1.82, 2.24) is 4.73 Å². The molecule has 1 amide bonds. The number of para-hydroxylation sites is 1. The van der Waals surface area contributed by atoms with Gasteiger partial charge in [0.1, 0.15) is 0 Å². The third-order valence-electron chi connectivity index (χ3n) is 4.26. The summed E-state index contributed by atoms with van der Waals surface area (Å²) in [6, 6.07) is 14.1. The number of primary amides is 1. The number of carbonyl (C=O) groups is 2. The maximum absolute atomic E-state index is 12.0. The molecule has 6 heteroatoms. The molecule has 1 aromatic heterocycles. The predicted molar refractivity (Wildman–Crippen MR) is 92.5 cm³/mol. The summed E-state index contributed by atoms with van der Waals surface area (Å²) >= 11 is 0. The zero-order chi connectivity index (χ0) is 18.0. The maximum atomic E-state index is 12.0. The molecule has 3 N–H and O–H groups in total. The number of fused-ring (bicyclic) bond motifs is 1. The number of hydrogen-bond acceptors (Lipinski definition) is 4. The number of methoxy groups -OCH3 is 1. The summed E-state index contributed by atoms with van der Waals surface area (Å²) in [6.45, 7) is 0. The van der Waals surface area contributed by atoms with Gasteiger partial charge in [-0.2, -0.15) is 4.73 Å². The van der Waals surface area contributed by atoms with Crippen molar-refractivity contribution >= 4 is 22.8 Å². The zero-order valence-corrected chi connectivity index (χ0v) is 13.7. The fourth-order valence-electron chi connectivity index (χ4n) is 2.96. The number of nitrogens with two attached hydrogens (primary N) is 1. The predicted octanol–water partition coefficient (Wildman–Crippen LogP) is 2.48. The van der Waals surface area contributed by atoms with Crippen molar-refractivity contribution in [1.29, 1.82) is 0 Å². The Bertz CT molecular complexity index is 928. The normalized spacial score (nSPS) is 12.0. The van der Waals surface area contributed by atoms with Crippen molar-refractivity contribution in [3.8, 4) is 0 Å². The average Bonchev–Trinajstić information content (AvgIpc) is 2.96. The van der Waals surface area contributed by atoms with Crippen LogP contribution in [0.1, 0.15) is 27.4 Å². The van der Waals surface area contributed by atoms with Gasteiger partial charge in [0, 0.05) is 11.6 Å². The monoisotopic (exact) mass is 338 g/mol. The molecule has 0 saturated carbocycles. The fraction of sp³-hybridized carbons (Fsp3) is 0.158. The second-order valence-electron chi connectivity index (χ2n) is 5.79. The summed E-state index contributed by atoms with van der Waals surface area (Å²) < 4.78 is 5.67. The molecule has 3 rings (SSSR count). The molecule has 0 fully saturated rings. The molecule has 0 aliphatic heterocycles. The van der Waals surface area contributed by atoms with Gasteiger partial charge in [0.05, 0.1) is 24.1 Å². The van der Waals surface area contributed by atoms with E-state index < -0.39 is 17.8 Å². The summed E-state index contributed by atoms with van der Waals surface area (Å²) in [5.41, 5.74) is 8.19. The highest BCUT2D eigenvalue weighted by atomic mass is 16.5. The van der Waals surface area contributed by atoms with Crippen LogP contribution in [0.3, 0.4) is 0 Å². The number of hydrogen-bond donors (Lipinski definition) is 2. The Morgan fingerprint density at radius 3 is 2.48 bits per heavy atom. The average molecular weight is 338 g/mol. The van der Waals surface area contributed by atoms with Gasteiger partial charge < -0.3 is 15.7 Å². The lowest BCUT2D eigenvalue weighted by molar-refractivity contribution is -0.119. The van der Waals surface area contributed by atoms with Crippen LogP contribution in [0.5, 0.6) is 0 Å². The van der Waals surface area contributed by atoms with Crippen molar-refractivity contribution in [2.45, 2.75) is 12.3 Å². The lowest BCUT2D eigenvalue weighted by atomic mass is 9.91. The fourth-order valence-corrected chi connectivity index (χ4v) is 2.96. The zero-order valence-electron chi connectivity index (χ0n) is 13.7. The highest BCUT2D eigenvalue weighted by molar-refractivity contribution is 5.92. The molecule has 1 atom stereocenters. The van der Waals surface area contributed by atoms with Crippen LogP contribution in [-0.2, 0) is 16.0 Å². The van der Waals surface area contributed by atoms with Crippen LogP contribution < -0.4 is 5.73 Å². The van der Waals surface area contributed by atoms with E-state index in [1.54, 1.807) is 30.3 Å². The first-order chi connectivity index (χ1) is 12.0. The van der Waals surface area contributed by atoms with Gasteiger partial charge in [0.15, 0.2) is 0 Å². The van der Waals surface area contributed by atoms with E-state index in [9.17, 15) is 14.8 Å². The molecule has 0 radical (unpaired) electrons. The number of amides is 1. The van der Waals surface area contributed by atoms with Crippen LogP contribution >= 0.6 is 0 Å². The number of esters is 1. The standard InChI is InChI=1S/C19H18N2O4/c1-25-19(23)13-8-6-12(7-9-13)10-15(18(20)22)16-11-21(24)17-5-3-2-4-14(16)17/h2-9,11,15,24H,10H2,1H3,(H2,20,22). The molecule has 0 spiro atoms. The molecule has 2 aromatic carbocycles. The van der Waals surface area contributed by atoms with Crippen molar-refractivity contribution < 1.29 is 19.5 Å². The highest BCUT2D eigenvalue weighted by Gasteiger charge is 2.23. The van der Waals surface area contributed by atoms with E-state index in [-0.39, 0.29) is 0 Å². The highest BCUT2D eigenvalue weighted by Crippen LogP contribution is 2.29.